The third kappa shape index (κ3) is 2.91. The zero-order chi connectivity index (χ0) is 18.4. The molecule has 0 radical (unpaired) electrons. The quantitative estimate of drug-likeness (QED) is 0.628. The van der Waals surface area contributed by atoms with Gasteiger partial charge in [0, 0.05) is 19.8 Å². The van der Waals surface area contributed by atoms with Crippen LogP contribution in [0, 0.1) is 17.3 Å². The van der Waals surface area contributed by atoms with E-state index in [-0.39, 0.29) is 0 Å². The normalized spacial score (nSPS) is 31.7. The summed E-state index contributed by atoms with van der Waals surface area (Å²) in [7, 11) is 4.26. The van der Waals surface area contributed by atoms with Crippen LogP contribution in [0.1, 0.15) is 61.1 Å². The third-order valence-electron chi connectivity index (χ3n) is 8.17. The second kappa shape index (κ2) is 6.69. The van der Waals surface area contributed by atoms with Crippen LogP contribution >= 0.6 is 0 Å². The molecule has 3 aliphatic rings. The van der Waals surface area contributed by atoms with Crippen LogP contribution in [0.4, 0.5) is 5.69 Å². The lowest BCUT2D eigenvalue weighted by Crippen LogP contribution is -2.42. The molecule has 142 valence electrons. The van der Waals surface area contributed by atoms with Gasteiger partial charge in [-0.1, -0.05) is 42.8 Å². The Morgan fingerprint density at radius 2 is 1.74 bits per heavy atom. The van der Waals surface area contributed by atoms with Crippen LogP contribution in [0.2, 0.25) is 0 Å². The number of aryl methyl sites for hydroxylation is 1. The number of hydrogen-bond acceptors (Lipinski definition) is 1. The summed E-state index contributed by atoms with van der Waals surface area (Å²) in [6.07, 6.45) is 11.3. The Morgan fingerprint density at radius 1 is 0.926 bits per heavy atom. The standard InChI is InChI=1S/C26H33N/c1-27(2)21-12-9-19(10-13-21)18-26-16-5-8-25(26)24-14-11-20-6-3-4-7-22(20)23(24)15-17-26/h3-4,6-7,9-10,12-13,23-25H,5,8,11,14-18H2,1-2H3/t23-,24-,25+,26+/m1/s1. The minimum Gasteiger partial charge on any atom is -0.378 e. The Kier molecular flexibility index (Phi) is 4.30. The molecule has 0 saturated heterocycles. The molecule has 0 aromatic heterocycles. The molecular formula is C26H33N. The van der Waals surface area contributed by atoms with Gasteiger partial charge in [-0.2, -0.15) is 0 Å². The van der Waals surface area contributed by atoms with Crippen molar-refractivity contribution in [3.8, 4) is 0 Å². The minimum atomic E-state index is 0.576. The molecule has 5 rings (SSSR count). The Hall–Kier alpha value is -1.76. The van der Waals surface area contributed by atoms with Gasteiger partial charge in [0.05, 0.1) is 0 Å². The maximum Gasteiger partial charge on any atom is 0.0361 e. The molecule has 2 saturated carbocycles. The van der Waals surface area contributed by atoms with E-state index in [0.717, 1.165) is 17.8 Å². The summed E-state index contributed by atoms with van der Waals surface area (Å²) in [5.41, 5.74) is 6.79. The molecule has 1 heteroatoms. The number of fused-ring (bicyclic) bond motifs is 5. The summed E-state index contributed by atoms with van der Waals surface area (Å²) in [6, 6.07) is 18.7. The molecule has 2 aromatic rings. The number of rotatable bonds is 3. The van der Waals surface area contributed by atoms with Gasteiger partial charge in [0.1, 0.15) is 0 Å². The molecule has 3 aliphatic carbocycles. The first-order valence-corrected chi connectivity index (χ1v) is 11.0. The summed E-state index contributed by atoms with van der Waals surface area (Å²) >= 11 is 0. The van der Waals surface area contributed by atoms with E-state index in [9.17, 15) is 0 Å². The second-order valence-corrected chi connectivity index (χ2v) is 9.65. The van der Waals surface area contributed by atoms with Gasteiger partial charge in [0.2, 0.25) is 0 Å². The molecule has 2 aromatic carbocycles. The van der Waals surface area contributed by atoms with Crippen LogP contribution in [0.25, 0.3) is 0 Å². The Balaban J connectivity index is 1.41. The van der Waals surface area contributed by atoms with Crippen LogP contribution in [0.3, 0.4) is 0 Å². The summed E-state index contributed by atoms with van der Waals surface area (Å²) in [5.74, 6) is 2.71. The van der Waals surface area contributed by atoms with Crippen molar-refractivity contribution in [1.29, 1.82) is 0 Å². The van der Waals surface area contributed by atoms with Crippen molar-refractivity contribution in [1.82, 2.24) is 0 Å². The van der Waals surface area contributed by atoms with Gasteiger partial charge in [-0.05, 0) is 96.9 Å². The van der Waals surface area contributed by atoms with E-state index in [4.69, 9.17) is 0 Å². The molecule has 0 heterocycles. The molecule has 0 bridgehead atoms. The highest BCUT2D eigenvalue weighted by atomic mass is 15.1. The first-order chi connectivity index (χ1) is 13.2. The average Bonchev–Trinajstić information content (AvgIpc) is 3.12. The van der Waals surface area contributed by atoms with Crippen molar-refractivity contribution in [2.24, 2.45) is 17.3 Å². The van der Waals surface area contributed by atoms with Gasteiger partial charge in [0.15, 0.2) is 0 Å². The summed E-state index contributed by atoms with van der Waals surface area (Å²) in [6.45, 7) is 0. The SMILES string of the molecule is CN(C)c1ccc(C[C@@]23CCC[C@H]2[C@@H]2CCc4ccccc4[C@H]2CC3)cc1. The van der Waals surface area contributed by atoms with Crippen LogP contribution in [-0.2, 0) is 12.8 Å². The number of nitrogens with zero attached hydrogens (tertiary/aromatic N) is 1. The maximum absolute atomic E-state index is 2.44. The lowest BCUT2D eigenvalue weighted by atomic mass is 9.54. The number of hydrogen-bond donors (Lipinski definition) is 0. The summed E-state index contributed by atoms with van der Waals surface area (Å²) in [5, 5.41) is 0. The Labute approximate surface area is 164 Å². The summed E-state index contributed by atoms with van der Waals surface area (Å²) < 4.78 is 0. The van der Waals surface area contributed by atoms with E-state index in [0.29, 0.717) is 5.41 Å². The van der Waals surface area contributed by atoms with Gasteiger partial charge >= 0.3 is 0 Å². The van der Waals surface area contributed by atoms with E-state index < -0.39 is 0 Å². The smallest absolute Gasteiger partial charge is 0.0361 e. The van der Waals surface area contributed by atoms with Crippen molar-refractivity contribution in [3.63, 3.8) is 0 Å². The number of benzene rings is 2. The van der Waals surface area contributed by atoms with E-state index in [1.165, 1.54) is 57.1 Å². The molecule has 2 fully saturated rings. The highest BCUT2D eigenvalue weighted by Crippen LogP contribution is 2.62. The van der Waals surface area contributed by atoms with E-state index >= 15 is 0 Å². The fourth-order valence-corrected chi connectivity index (χ4v) is 6.94. The first kappa shape index (κ1) is 17.3. The van der Waals surface area contributed by atoms with Gasteiger partial charge in [0.25, 0.3) is 0 Å². The predicted molar refractivity (Wildman–Crippen MR) is 114 cm³/mol. The first-order valence-electron chi connectivity index (χ1n) is 11.0. The lowest BCUT2D eigenvalue weighted by Gasteiger charge is -2.51. The van der Waals surface area contributed by atoms with Crippen LogP contribution in [0.15, 0.2) is 48.5 Å². The van der Waals surface area contributed by atoms with Crippen molar-refractivity contribution < 1.29 is 0 Å². The van der Waals surface area contributed by atoms with Crippen LogP contribution in [0.5, 0.6) is 0 Å². The molecular weight excluding hydrogens is 326 g/mol. The molecule has 0 amide bonds. The third-order valence-corrected chi connectivity index (χ3v) is 8.17. The zero-order valence-corrected chi connectivity index (χ0v) is 17.0. The number of anilines is 1. The van der Waals surface area contributed by atoms with E-state index in [2.05, 4.69) is 67.5 Å². The molecule has 0 aliphatic heterocycles. The van der Waals surface area contributed by atoms with Crippen LogP contribution in [-0.4, -0.2) is 14.1 Å². The molecule has 0 spiro atoms. The fourth-order valence-electron chi connectivity index (χ4n) is 6.94. The van der Waals surface area contributed by atoms with Crippen LogP contribution < -0.4 is 4.90 Å². The molecule has 27 heavy (non-hydrogen) atoms. The molecule has 0 N–H and O–H groups in total. The van der Waals surface area contributed by atoms with Crippen molar-refractivity contribution >= 4 is 5.69 Å². The van der Waals surface area contributed by atoms with E-state index in [1.54, 1.807) is 16.7 Å². The summed E-state index contributed by atoms with van der Waals surface area (Å²) in [4.78, 5) is 2.20. The topological polar surface area (TPSA) is 3.24 Å². The maximum atomic E-state index is 2.44. The molecule has 1 nitrogen and oxygen atoms in total. The minimum absolute atomic E-state index is 0.576. The van der Waals surface area contributed by atoms with Gasteiger partial charge < -0.3 is 4.90 Å². The van der Waals surface area contributed by atoms with Crippen molar-refractivity contribution in [2.75, 3.05) is 19.0 Å². The van der Waals surface area contributed by atoms with Gasteiger partial charge in [-0.3, -0.25) is 0 Å². The highest BCUT2D eigenvalue weighted by molar-refractivity contribution is 5.46. The largest absolute Gasteiger partial charge is 0.378 e. The monoisotopic (exact) mass is 359 g/mol. The second-order valence-electron chi connectivity index (χ2n) is 9.65. The van der Waals surface area contributed by atoms with E-state index in [1.807, 2.05) is 0 Å². The van der Waals surface area contributed by atoms with Gasteiger partial charge in [-0.25, -0.2) is 0 Å². The van der Waals surface area contributed by atoms with Gasteiger partial charge in [-0.15, -0.1) is 0 Å². The predicted octanol–water partition coefficient (Wildman–Crippen LogP) is 6.22. The van der Waals surface area contributed by atoms with Crippen molar-refractivity contribution in [2.45, 2.75) is 57.3 Å². The average molecular weight is 360 g/mol. The highest BCUT2D eigenvalue weighted by Gasteiger charge is 2.52. The lowest BCUT2D eigenvalue weighted by molar-refractivity contribution is 0.0443. The zero-order valence-electron chi connectivity index (χ0n) is 17.0. The Bertz CT molecular complexity index is 805. The van der Waals surface area contributed by atoms with Crippen molar-refractivity contribution in [3.05, 3.63) is 65.2 Å². The molecule has 0 unspecified atom stereocenters. The fraction of sp³-hybridized carbons (Fsp3) is 0.538. The Morgan fingerprint density at radius 3 is 2.56 bits per heavy atom. The molecule has 4 atom stereocenters.